The zero-order chi connectivity index (χ0) is 26.5. The molecule has 0 aliphatic heterocycles. The van der Waals surface area contributed by atoms with Gasteiger partial charge in [0.1, 0.15) is 18.1 Å². The first-order chi connectivity index (χ1) is 17.0. The van der Waals surface area contributed by atoms with Crippen molar-refractivity contribution in [1.29, 1.82) is 0 Å². The number of aryl methyl sites for hydroxylation is 1. The van der Waals surface area contributed by atoms with Gasteiger partial charge in [0.2, 0.25) is 0 Å². The second-order valence-corrected chi connectivity index (χ2v) is 9.52. The second kappa shape index (κ2) is 11.0. The Bertz CT molecular complexity index is 1410. The molecule has 3 aromatic rings. The molecule has 0 aliphatic carbocycles. The van der Waals surface area contributed by atoms with Crippen LogP contribution in [0.15, 0.2) is 76.7 Å². The van der Waals surface area contributed by atoms with Crippen LogP contribution < -0.4 is 14.5 Å². The molecule has 0 aromatic heterocycles. The van der Waals surface area contributed by atoms with E-state index in [1.54, 1.807) is 6.92 Å². The van der Waals surface area contributed by atoms with Gasteiger partial charge in [0, 0.05) is 11.6 Å². The van der Waals surface area contributed by atoms with Crippen molar-refractivity contribution >= 4 is 33.0 Å². The maximum Gasteiger partial charge on any atom is 0.273 e. The molecule has 0 unspecified atom stereocenters. The molecule has 0 radical (unpaired) electrons. The molecule has 188 valence electrons. The standard InChI is InChI=1S/C24H23FN4O6S/c1-16-4-13-22(14-23(16)29(31)32)36(33,34)28(20-9-11-21(35-3)12-10-20)15-24(30)27-26-17(2)18-5-7-19(25)8-6-18/h4-14H,15H2,1-3H3,(H,27,30)/b26-17+. The predicted molar refractivity (Wildman–Crippen MR) is 132 cm³/mol. The number of carbonyl (C=O) groups excluding carboxylic acids is 1. The number of halogens is 1. The quantitative estimate of drug-likeness (QED) is 0.263. The molecule has 1 N–H and O–H groups in total. The SMILES string of the molecule is COc1ccc(N(CC(=O)N/N=C(\C)c2ccc(F)cc2)S(=O)(=O)c2ccc(C)c([N+](=O)[O-])c2)cc1. The number of hydrazone groups is 1. The number of ether oxygens (including phenoxy) is 1. The number of nitro benzene ring substituents is 1. The maximum absolute atomic E-state index is 13.5. The van der Waals surface area contributed by atoms with E-state index in [0.29, 0.717) is 22.6 Å². The van der Waals surface area contributed by atoms with E-state index in [1.165, 1.54) is 74.7 Å². The summed E-state index contributed by atoms with van der Waals surface area (Å²) < 4.78 is 46.1. The van der Waals surface area contributed by atoms with Crippen LogP contribution in [0.1, 0.15) is 18.1 Å². The van der Waals surface area contributed by atoms with Gasteiger partial charge in [-0.15, -0.1) is 0 Å². The number of methoxy groups -OCH3 is 1. The molecule has 0 aliphatic rings. The summed E-state index contributed by atoms with van der Waals surface area (Å²) in [6.45, 7) is 2.41. The third-order valence-electron chi connectivity index (χ3n) is 5.22. The lowest BCUT2D eigenvalue weighted by molar-refractivity contribution is -0.385. The lowest BCUT2D eigenvalue weighted by atomic mass is 10.1. The highest BCUT2D eigenvalue weighted by Gasteiger charge is 2.29. The van der Waals surface area contributed by atoms with Crippen LogP contribution >= 0.6 is 0 Å². The van der Waals surface area contributed by atoms with Gasteiger partial charge >= 0.3 is 0 Å². The van der Waals surface area contributed by atoms with Crippen molar-refractivity contribution in [3.63, 3.8) is 0 Å². The van der Waals surface area contributed by atoms with Gasteiger partial charge in [0.25, 0.3) is 21.6 Å². The van der Waals surface area contributed by atoms with Gasteiger partial charge in [0.15, 0.2) is 0 Å². The molecule has 0 heterocycles. The van der Waals surface area contributed by atoms with E-state index in [4.69, 9.17) is 4.74 Å². The summed E-state index contributed by atoms with van der Waals surface area (Å²) in [5.74, 6) is -0.726. The van der Waals surface area contributed by atoms with Gasteiger partial charge in [-0.2, -0.15) is 5.10 Å². The smallest absolute Gasteiger partial charge is 0.273 e. The number of nitrogens with zero attached hydrogens (tertiary/aromatic N) is 3. The van der Waals surface area contributed by atoms with E-state index in [1.807, 2.05) is 0 Å². The van der Waals surface area contributed by atoms with Gasteiger partial charge in [-0.3, -0.25) is 19.2 Å². The topological polar surface area (TPSA) is 131 Å². The third kappa shape index (κ3) is 6.02. The molecule has 12 heteroatoms. The Balaban J connectivity index is 1.94. The van der Waals surface area contributed by atoms with E-state index in [0.717, 1.165) is 10.4 Å². The summed E-state index contributed by atoms with van der Waals surface area (Å²) >= 11 is 0. The molecule has 3 rings (SSSR count). The summed E-state index contributed by atoms with van der Waals surface area (Å²) in [5, 5.41) is 15.3. The molecule has 0 atom stereocenters. The van der Waals surface area contributed by atoms with Crippen molar-refractivity contribution in [3.8, 4) is 5.75 Å². The molecular formula is C24H23FN4O6S. The molecular weight excluding hydrogens is 491 g/mol. The Morgan fingerprint density at radius 3 is 2.33 bits per heavy atom. The molecule has 36 heavy (non-hydrogen) atoms. The molecule has 0 saturated carbocycles. The van der Waals surface area contributed by atoms with E-state index in [-0.39, 0.29) is 16.3 Å². The van der Waals surface area contributed by atoms with Crippen LogP contribution in [0.5, 0.6) is 5.75 Å². The number of benzene rings is 3. The first-order valence-corrected chi connectivity index (χ1v) is 12.0. The van der Waals surface area contributed by atoms with Crippen LogP contribution in [-0.2, 0) is 14.8 Å². The fraction of sp³-hybridized carbons (Fsp3) is 0.167. The van der Waals surface area contributed by atoms with Crippen molar-refractivity contribution in [2.24, 2.45) is 5.10 Å². The van der Waals surface area contributed by atoms with Crippen LogP contribution in [0.2, 0.25) is 0 Å². The van der Waals surface area contributed by atoms with Crippen LogP contribution in [0, 0.1) is 22.9 Å². The number of nitro groups is 1. The minimum Gasteiger partial charge on any atom is -0.497 e. The largest absolute Gasteiger partial charge is 0.497 e. The highest BCUT2D eigenvalue weighted by molar-refractivity contribution is 7.92. The van der Waals surface area contributed by atoms with Crippen LogP contribution in [0.25, 0.3) is 0 Å². The number of hydrogen-bond donors (Lipinski definition) is 1. The third-order valence-corrected chi connectivity index (χ3v) is 6.99. The molecule has 0 bridgehead atoms. The highest BCUT2D eigenvalue weighted by atomic mass is 32.2. The van der Waals surface area contributed by atoms with E-state index < -0.39 is 33.2 Å². The lowest BCUT2D eigenvalue weighted by Gasteiger charge is -2.24. The zero-order valence-corrected chi connectivity index (χ0v) is 20.5. The van der Waals surface area contributed by atoms with Crippen LogP contribution in [0.3, 0.4) is 0 Å². The van der Waals surface area contributed by atoms with Gasteiger partial charge in [0.05, 0.1) is 28.3 Å². The van der Waals surface area contributed by atoms with E-state index in [9.17, 15) is 27.7 Å². The number of amides is 1. The average Bonchev–Trinajstić information content (AvgIpc) is 2.86. The van der Waals surface area contributed by atoms with Crippen molar-refractivity contribution < 1.29 is 27.3 Å². The van der Waals surface area contributed by atoms with Crippen molar-refractivity contribution in [2.45, 2.75) is 18.7 Å². The van der Waals surface area contributed by atoms with Crippen molar-refractivity contribution in [2.75, 3.05) is 18.0 Å². The summed E-state index contributed by atoms with van der Waals surface area (Å²) in [6.07, 6.45) is 0. The number of hydrogen-bond acceptors (Lipinski definition) is 7. The van der Waals surface area contributed by atoms with Gasteiger partial charge < -0.3 is 4.74 Å². The molecule has 1 amide bonds. The van der Waals surface area contributed by atoms with Gasteiger partial charge in [-0.1, -0.05) is 18.2 Å². The van der Waals surface area contributed by atoms with Crippen molar-refractivity contribution in [1.82, 2.24) is 5.43 Å². The Morgan fingerprint density at radius 2 is 1.75 bits per heavy atom. The predicted octanol–water partition coefficient (Wildman–Crippen LogP) is 3.79. The van der Waals surface area contributed by atoms with E-state index in [2.05, 4.69) is 10.5 Å². The summed E-state index contributed by atoms with van der Waals surface area (Å²) in [5.41, 5.74) is 3.28. The Labute approximate surface area is 207 Å². The van der Waals surface area contributed by atoms with Gasteiger partial charge in [-0.05, 0) is 61.9 Å². The van der Waals surface area contributed by atoms with Crippen LogP contribution in [0.4, 0.5) is 15.8 Å². The second-order valence-electron chi connectivity index (χ2n) is 7.65. The number of rotatable bonds is 9. The Kier molecular flexibility index (Phi) is 8.00. The number of sulfonamides is 1. The normalized spacial score (nSPS) is 11.6. The highest BCUT2D eigenvalue weighted by Crippen LogP contribution is 2.29. The fourth-order valence-corrected chi connectivity index (χ4v) is 4.65. The minimum atomic E-state index is -4.40. The zero-order valence-electron chi connectivity index (χ0n) is 19.6. The maximum atomic E-state index is 13.5. The monoisotopic (exact) mass is 514 g/mol. The average molecular weight is 515 g/mol. The summed E-state index contributed by atoms with van der Waals surface area (Å²) in [4.78, 5) is 23.1. The summed E-state index contributed by atoms with van der Waals surface area (Å²) in [7, 11) is -2.95. The first kappa shape index (κ1) is 26.3. The molecule has 0 spiro atoms. The van der Waals surface area contributed by atoms with Crippen molar-refractivity contribution in [3.05, 3.63) is 93.8 Å². The Morgan fingerprint density at radius 1 is 1.11 bits per heavy atom. The number of anilines is 1. The minimum absolute atomic E-state index is 0.133. The molecule has 3 aromatic carbocycles. The Hall–Kier alpha value is -4.32. The molecule has 0 fully saturated rings. The van der Waals surface area contributed by atoms with Crippen LogP contribution in [-0.4, -0.2) is 38.6 Å². The first-order valence-electron chi connectivity index (χ1n) is 10.5. The lowest BCUT2D eigenvalue weighted by Crippen LogP contribution is -2.39. The fourth-order valence-electron chi connectivity index (χ4n) is 3.20. The number of carbonyl (C=O) groups is 1. The molecule has 10 nitrogen and oxygen atoms in total. The summed E-state index contributed by atoms with van der Waals surface area (Å²) in [6, 6.07) is 14.9. The molecule has 0 saturated heterocycles. The van der Waals surface area contributed by atoms with Gasteiger partial charge in [-0.25, -0.2) is 18.2 Å². The van der Waals surface area contributed by atoms with E-state index >= 15 is 0 Å². The number of nitrogens with one attached hydrogen (secondary N) is 1.